The first-order chi connectivity index (χ1) is 14.0. The van der Waals surface area contributed by atoms with E-state index in [0.29, 0.717) is 24.4 Å². The molecule has 0 saturated heterocycles. The largest absolute Gasteiger partial charge is 0.444 e. The van der Waals surface area contributed by atoms with E-state index in [1.807, 2.05) is 13.8 Å². The molecule has 0 aliphatic carbocycles. The lowest BCUT2D eigenvalue weighted by Gasteiger charge is -2.38. The van der Waals surface area contributed by atoms with Crippen LogP contribution in [0.25, 0.3) is 0 Å². The Balaban J connectivity index is 1.63. The maximum absolute atomic E-state index is 5.65. The molecule has 1 aliphatic rings. The van der Waals surface area contributed by atoms with Gasteiger partial charge in [-0.1, -0.05) is 38.1 Å². The van der Waals surface area contributed by atoms with E-state index in [2.05, 4.69) is 70.5 Å². The lowest BCUT2D eigenvalue weighted by atomic mass is 9.95. The predicted molar refractivity (Wildman–Crippen MR) is 118 cm³/mol. The fourth-order valence-corrected chi connectivity index (χ4v) is 3.88. The lowest BCUT2D eigenvalue weighted by molar-refractivity contribution is 0.140. The Kier molecular flexibility index (Phi) is 7.31. The number of aromatic nitrogens is 1. The lowest BCUT2D eigenvalue weighted by Crippen LogP contribution is -2.50. The highest BCUT2D eigenvalue weighted by atomic mass is 16.4. The highest BCUT2D eigenvalue weighted by Gasteiger charge is 2.25. The number of benzene rings is 1. The molecule has 29 heavy (non-hydrogen) atoms. The van der Waals surface area contributed by atoms with Crippen molar-refractivity contribution < 1.29 is 4.42 Å². The van der Waals surface area contributed by atoms with Crippen LogP contribution in [0.4, 0.5) is 0 Å². The summed E-state index contributed by atoms with van der Waals surface area (Å²) in [4.78, 5) is 11.7. The third-order valence-electron chi connectivity index (χ3n) is 5.67. The number of nitrogens with zero attached hydrogens (tertiary/aromatic N) is 3. The standard InChI is InChI=1S/C23H35N5O/c1-6-24-23(26-14-22-27-17(4)18(5)29-22)25-13-21(16(2)3)28-12-11-19-9-7-8-10-20(19)15-28/h7-10,16,21H,6,11-15H2,1-5H3,(H2,24,25,26). The zero-order chi connectivity index (χ0) is 20.8. The highest BCUT2D eigenvalue weighted by molar-refractivity contribution is 5.79. The van der Waals surface area contributed by atoms with Crippen LogP contribution in [0.15, 0.2) is 33.7 Å². The molecule has 6 nitrogen and oxygen atoms in total. The zero-order valence-electron chi connectivity index (χ0n) is 18.5. The quantitative estimate of drug-likeness (QED) is 0.553. The third kappa shape index (κ3) is 5.60. The normalized spacial score (nSPS) is 16.0. The van der Waals surface area contributed by atoms with Gasteiger partial charge in [-0.05, 0) is 44.2 Å². The van der Waals surface area contributed by atoms with Crippen molar-refractivity contribution in [3.63, 3.8) is 0 Å². The van der Waals surface area contributed by atoms with Crippen LogP contribution in [0.3, 0.4) is 0 Å². The molecule has 2 aromatic rings. The van der Waals surface area contributed by atoms with Gasteiger partial charge in [-0.25, -0.2) is 9.98 Å². The molecule has 6 heteroatoms. The van der Waals surface area contributed by atoms with Crippen LogP contribution in [0.1, 0.15) is 49.2 Å². The molecule has 0 spiro atoms. The van der Waals surface area contributed by atoms with Crippen molar-refractivity contribution in [1.29, 1.82) is 0 Å². The third-order valence-corrected chi connectivity index (χ3v) is 5.67. The molecule has 0 fully saturated rings. The Hall–Kier alpha value is -2.34. The van der Waals surface area contributed by atoms with Crippen LogP contribution >= 0.6 is 0 Å². The van der Waals surface area contributed by atoms with E-state index in [4.69, 9.17) is 4.42 Å². The van der Waals surface area contributed by atoms with Gasteiger partial charge < -0.3 is 15.1 Å². The Morgan fingerprint density at radius 2 is 1.97 bits per heavy atom. The molecule has 3 rings (SSSR count). The van der Waals surface area contributed by atoms with E-state index in [1.165, 1.54) is 11.1 Å². The molecule has 158 valence electrons. The van der Waals surface area contributed by atoms with Gasteiger partial charge >= 0.3 is 0 Å². The van der Waals surface area contributed by atoms with E-state index in [1.54, 1.807) is 0 Å². The van der Waals surface area contributed by atoms with Crippen molar-refractivity contribution in [2.45, 2.75) is 60.2 Å². The minimum atomic E-state index is 0.438. The molecule has 1 aliphatic heterocycles. The number of hydrogen-bond donors (Lipinski definition) is 2. The van der Waals surface area contributed by atoms with Crippen molar-refractivity contribution in [3.8, 4) is 0 Å². The van der Waals surface area contributed by atoms with Gasteiger partial charge in [0.1, 0.15) is 12.3 Å². The first-order valence-corrected chi connectivity index (χ1v) is 10.7. The van der Waals surface area contributed by atoms with Crippen molar-refractivity contribution in [2.75, 3.05) is 19.6 Å². The van der Waals surface area contributed by atoms with Gasteiger partial charge in [0.05, 0.1) is 5.69 Å². The van der Waals surface area contributed by atoms with Gasteiger partial charge in [0.25, 0.3) is 0 Å². The summed E-state index contributed by atoms with van der Waals surface area (Å²) >= 11 is 0. The van der Waals surface area contributed by atoms with Crippen LogP contribution in [0.2, 0.25) is 0 Å². The Bertz CT molecular complexity index is 807. The summed E-state index contributed by atoms with van der Waals surface area (Å²) in [6.07, 6.45) is 1.12. The number of guanidine groups is 1. The number of nitrogens with one attached hydrogen (secondary N) is 2. The number of oxazole rings is 1. The molecule has 0 saturated carbocycles. The van der Waals surface area contributed by atoms with Gasteiger partial charge in [0.15, 0.2) is 5.96 Å². The smallest absolute Gasteiger partial charge is 0.216 e. The van der Waals surface area contributed by atoms with Crippen molar-refractivity contribution in [1.82, 2.24) is 20.5 Å². The van der Waals surface area contributed by atoms with Crippen molar-refractivity contribution >= 4 is 5.96 Å². The maximum Gasteiger partial charge on any atom is 0.216 e. The summed E-state index contributed by atoms with van der Waals surface area (Å²) in [6.45, 7) is 14.8. The molecule has 0 radical (unpaired) electrons. The van der Waals surface area contributed by atoms with Crippen LogP contribution in [-0.2, 0) is 19.5 Å². The topological polar surface area (TPSA) is 65.7 Å². The summed E-state index contributed by atoms with van der Waals surface area (Å²) in [5.41, 5.74) is 3.88. The fraction of sp³-hybridized carbons (Fsp3) is 0.565. The average molecular weight is 398 g/mol. The number of rotatable bonds is 7. The van der Waals surface area contributed by atoms with Crippen LogP contribution in [0, 0.1) is 19.8 Å². The van der Waals surface area contributed by atoms with Crippen molar-refractivity contribution in [2.24, 2.45) is 10.9 Å². The van der Waals surface area contributed by atoms with Crippen LogP contribution in [0.5, 0.6) is 0 Å². The van der Waals surface area contributed by atoms with E-state index in [0.717, 1.165) is 50.0 Å². The molecule has 2 heterocycles. The second kappa shape index (κ2) is 9.92. The first kappa shape index (κ1) is 21.4. The molecule has 1 aromatic heterocycles. The summed E-state index contributed by atoms with van der Waals surface area (Å²) in [7, 11) is 0. The second-order valence-corrected chi connectivity index (χ2v) is 8.13. The SMILES string of the molecule is CCNC(=NCc1nc(C)c(C)o1)NCC(C(C)C)N1CCc2ccccc2C1. The summed E-state index contributed by atoms with van der Waals surface area (Å²) in [5, 5.41) is 6.88. The number of hydrogen-bond acceptors (Lipinski definition) is 4. The van der Waals surface area contributed by atoms with E-state index in [-0.39, 0.29) is 0 Å². The molecular formula is C23H35N5O. The monoisotopic (exact) mass is 397 g/mol. The summed E-state index contributed by atoms with van der Waals surface area (Å²) < 4.78 is 5.65. The van der Waals surface area contributed by atoms with Crippen LogP contribution in [-0.4, -0.2) is 41.5 Å². The van der Waals surface area contributed by atoms with Crippen molar-refractivity contribution in [3.05, 3.63) is 52.7 Å². The first-order valence-electron chi connectivity index (χ1n) is 10.7. The van der Waals surface area contributed by atoms with E-state index >= 15 is 0 Å². The average Bonchev–Trinajstić information content (AvgIpc) is 3.03. The van der Waals surface area contributed by atoms with Crippen LogP contribution < -0.4 is 10.6 Å². The molecule has 1 aromatic carbocycles. The fourth-order valence-electron chi connectivity index (χ4n) is 3.88. The summed E-state index contributed by atoms with van der Waals surface area (Å²) in [5.74, 6) is 2.88. The highest BCUT2D eigenvalue weighted by Crippen LogP contribution is 2.22. The Labute approximate surface area is 174 Å². The van der Waals surface area contributed by atoms with E-state index in [9.17, 15) is 0 Å². The molecule has 0 amide bonds. The van der Waals surface area contributed by atoms with E-state index < -0.39 is 0 Å². The molecule has 0 bridgehead atoms. The van der Waals surface area contributed by atoms with Gasteiger partial charge in [0.2, 0.25) is 5.89 Å². The van der Waals surface area contributed by atoms with Gasteiger partial charge in [0, 0.05) is 32.2 Å². The van der Waals surface area contributed by atoms with Gasteiger partial charge in [-0.2, -0.15) is 0 Å². The minimum absolute atomic E-state index is 0.438. The second-order valence-electron chi connectivity index (χ2n) is 8.13. The molecule has 1 unspecified atom stereocenters. The zero-order valence-corrected chi connectivity index (χ0v) is 18.5. The maximum atomic E-state index is 5.65. The molecular weight excluding hydrogens is 362 g/mol. The molecule has 1 atom stereocenters. The minimum Gasteiger partial charge on any atom is -0.444 e. The summed E-state index contributed by atoms with van der Waals surface area (Å²) in [6, 6.07) is 9.26. The molecule has 2 N–H and O–H groups in total. The predicted octanol–water partition coefficient (Wildman–Crippen LogP) is 3.43. The van der Waals surface area contributed by atoms with Gasteiger partial charge in [-0.3, -0.25) is 4.90 Å². The Morgan fingerprint density at radius 1 is 1.21 bits per heavy atom. The number of aliphatic imine (C=N–C) groups is 1. The van der Waals surface area contributed by atoms with Gasteiger partial charge in [-0.15, -0.1) is 0 Å². The number of fused-ring (bicyclic) bond motifs is 1. The Morgan fingerprint density at radius 3 is 2.62 bits per heavy atom. The number of aryl methyl sites for hydroxylation is 2.